The standard InChI is InChI=1S/C9H19O3PS/c1-6-11-13(14,12-7-2)8(10)9(3,4)5/h6-7H2,1-5H3. The lowest BCUT2D eigenvalue weighted by atomic mass is 10.00. The Hall–Kier alpha value is 0.240. The molecular formula is C9H19O3PS. The molecule has 0 aromatic carbocycles. The first-order valence-electron chi connectivity index (χ1n) is 4.72. The molecule has 0 aromatic rings. The van der Waals surface area contributed by atoms with E-state index in [9.17, 15) is 4.79 Å². The third-order valence-corrected chi connectivity index (χ3v) is 4.98. The van der Waals surface area contributed by atoms with E-state index in [1.165, 1.54) is 0 Å². The zero-order valence-corrected chi connectivity index (χ0v) is 11.2. The van der Waals surface area contributed by atoms with Crippen LogP contribution < -0.4 is 0 Å². The van der Waals surface area contributed by atoms with Gasteiger partial charge in [0.25, 0.3) is 6.49 Å². The first kappa shape index (κ1) is 14.2. The molecule has 0 amide bonds. The lowest BCUT2D eigenvalue weighted by Gasteiger charge is -2.26. The van der Waals surface area contributed by atoms with Crippen LogP contribution in [0.25, 0.3) is 0 Å². The van der Waals surface area contributed by atoms with Gasteiger partial charge in [-0.1, -0.05) is 20.8 Å². The van der Waals surface area contributed by atoms with Crippen LogP contribution in [-0.4, -0.2) is 18.7 Å². The van der Waals surface area contributed by atoms with Crippen LogP contribution in [0.4, 0.5) is 0 Å². The minimum Gasteiger partial charge on any atom is -0.324 e. The van der Waals surface area contributed by atoms with Crippen LogP contribution in [0.3, 0.4) is 0 Å². The molecule has 0 heterocycles. The fourth-order valence-corrected chi connectivity index (χ4v) is 4.17. The van der Waals surface area contributed by atoms with Crippen molar-refractivity contribution in [1.82, 2.24) is 0 Å². The number of rotatable bonds is 5. The highest BCUT2D eigenvalue weighted by Gasteiger charge is 2.37. The van der Waals surface area contributed by atoms with Crippen molar-refractivity contribution in [2.75, 3.05) is 13.2 Å². The van der Waals surface area contributed by atoms with Crippen molar-refractivity contribution in [3.63, 3.8) is 0 Å². The molecule has 0 aromatic heterocycles. The Morgan fingerprint density at radius 1 is 1.21 bits per heavy atom. The summed E-state index contributed by atoms with van der Waals surface area (Å²) in [7, 11) is 0. The highest BCUT2D eigenvalue weighted by atomic mass is 32.5. The highest BCUT2D eigenvalue weighted by molar-refractivity contribution is 8.17. The third kappa shape index (κ3) is 3.77. The predicted molar refractivity (Wildman–Crippen MR) is 62.0 cm³/mol. The first-order valence-corrected chi connectivity index (χ1v) is 7.36. The number of carbonyl (C=O) groups excluding carboxylic acids is 1. The summed E-state index contributed by atoms with van der Waals surface area (Å²) in [6.45, 7) is 7.21. The van der Waals surface area contributed by atoms with E-state index in [1.807, 2.05) is 34.6 Å². The summed E-state index contributed by atoms with van der Waals surface area (Å²) in [6.07, 6.45) is 0. The Balaban J connectivity index is 4.83. The lowest BCUT2D eigenvalue weighted by molar-refractivity contribution is -0.119. The van der Waals surface area contributed by atoms with Crippen molar-refractivity contribution < 1.29 is 13.8 Å². The average molecular weight is 238 g/mol. The Bertz CT molecular complexity index is 235. The molecule has 5 heteroatoms. The predicted octanol–water partition coefficient (Wildman–Crippen LogP) is 2.94. The molecule has 0 saturated heterocycles. The van der Waals surface area contributed by atoms with Crippen molar-refractivity contribution in [2.24, 2.45) is 5.41 Å². The van der Waals surface area contributed by atoms with Gasteiger partial charge in [-0.25, -0.2) is 0 Å². The van der Waals surface area contributed by atoms with Crippen molar-refractivity contribution in [1.29, 1.82) is 0 Å². The van der Waals surface area contributed by atoms with Crippen molar-refractivity contribution in [3.8, 4) is 0 Å². The van der Waals surface area contributed by atoms with E-state index < -0.39 is 11.9 Å². The summed E-state index contributed by atoms with van der Waals surface area (Å²) in [5, 5.41) is 0. The van der Waals surface area contributed by atoms with Gasteiger partial charge in [0, 0.05) is 5.41 Å². The zero-order valence-electron chi connectivity index (χ0n) is 9.49. The molecule has 0 spiro atoms. The maximum Gasteiger partial charge on any atom is 0.255 e. The molecule has 84 valence electrons. The lowest BCUT2D eigenvalue weighted by Crippen LogP contribution is -2.22. The van der Waals surface area contributed by atoms with E-state index in [2.05, 4.69) is 0 Å². The van der Waals surface area contributed by atoms with Gasteiger partial charge in [0.2, 0.25) is 5.52 Å². The summed E-state index contributed by atoms with van der Waals surface area (Å²) in [5.41, 5.74) is -0.594. The van der Waals surface area contributed by atoms with Crippen LogP contribution in [0.15, 0.2) is 0 Å². The summed E-state index contributed by atoms with van der Waals surface area (Å²) < 4.78 is 10.6. The van der Waals surface area contributed by atoms with Crippen molar-refractivity contribution in [3.05, 3.63) is 0 Å². The summed E-state index contributed by atoms with van der Waals surface area (Å²) in [6, 6.07) is 0. The van der Waals surface area contributed by atoms with E-state index >= 15 is 0 Å². The van der Waals surface area contributed by atoms with Gasteiger partial charge in [-0.2, -0.15) is 0 Å². The third-order valence-electron chi connectivity index (χ3n) is 1.49. The second kappa shape index (κ2) is 5.36. The van der Waals surface area contributed by atoms with Crippen molar-refractivity contribution in [2.45, 2.75) is 34.6 Å². The summed E-state index contributed by atoms with van der Waals surface area (Å²) >= 11 is 5.19. The number of hydrogen-bond acceptors (Lipinski definition) is 4. The molecule has 0 rings (SSSR count). The van der Waals surface area contributed by atoms with Crippen LogP contribution in [0.5, 0.6) is 0 Å². The largest absolute Gasteiger partial charge is 0.324 e. The molecule has 0 N–H and O–H groups in total. The normalized spacial score (nSPS) is 12.9. The van der Waals surface area contributed by atoms with Crippen molar-refractivity contribution >= 4 is 23.8 Å². The topological polar surface area (TPSA) is 35.5 Å². The van der Waals surface area contributed by atoms with E-state index in [4.69, 9.17) is 20.9 Å². The molecule has 0 aliphatic carbocycles. The molecule has 0 aliphatic rings. The van der Waals surface area contributed by atoms with Crippen LogP contribution in [0.1, 0.15) is 34.6 Å². The number of carbonyl (C=O) groups is 1. The fourth-order valence-electron chi connectivity index (χ4n) is 0.905. The van der Waals surface area contributed by atoms with Gasteiger partial charge in [0.15, 0.2) is 0 Å². The van der Waals surface area contributed by atoms with Gasteiger partial charge in [-0.15, -0.1) is 0 Å². The van der Waals surface area contributed by atoms with Crippen LogP contribution in [0.2, 0.25) is 0 Å². The van der Waals surface area contributed by atoms with E-state index in [0.717, 1.165) is 0 Å². The molecule has 0 saturated carbocycles. The molecule has 0 radical (unpaired) electrons. The van der Waals surface area contributed by atoms with Gasteiger partial charge >= 0.3 is 0 Å². The monoisotopic (exact) mass is 238 g/mol. The Morgan fingerprint density at radius 2 is 1.57 bits per heavy atom. The Morgan fingerprint density at radius 3 is 1.79 bits per heavy atom. The van der Waals surface area contributed by atoms with Gasteiger partial charge in [0.1, 0.15) is 0 Å². The van der Waals surface area contributed by atoms with Gasteiger partial charge < -0.3 is 9.05 Å². The van der Waals surface area contributed by atoms with Crippen LogP contribution in [-0.2, 0) is 25.6 Å². The van der Waals surface area contributed by atoms with E-state index in [1.54, 1.807) is 0 Å². The van der Waals surface area contributed by atoms with Crippen LogP contribution in [0, 0.1) is 5.41 Å². The van der Waals surface area contributed by atoms with E-state index in [0.29, 0.717) is 13.2 Å². The SMILES string of the molecule is CCOP(=S)(OCC)C(=O)C(C)(C)C. The molecule has 14 heavy (non-hydrogen) atoms. The fraction of sp³-hybridized carbons (Fsp3) is 0.889. The second-order valence-corrected chi connectivity index (χ2v) is 7.25. The van der Waals surface area contributed by atoms with Gasteiger partial charge in [0.05, 0.1) is 13.2 Å². The molecule has 0 unspecified atom stereocenters. The molecule has 0 fully saturated rings. The first-order chi connectivity index (χ1) is 6.28. The maximum atomic E-state index is 12.0. The van der Waals surface area contributed by atoms with Gasteiger partial charge in [-0.05, 0) is 25.7 Å². The minimum atomic E-state index is -2.74. The van der Waals surface area contributed by atoms with Crippen LogP contribution >= 0.6 is 6.49 Å². The quantitative estimate of drug-likeness (QED) is 0.690. The average Bonchev–Trinajstić information content (AvgIpc) is 2.02. The zero-order chi connectivity index (χ0) is 11.4. The Kier molecular flexibility index (Phi) is 5.45. The maximum absolute atomic E-state index is 12.0. The minimum absolute atomic E-state index is 0.0938. The van der Waals surface area contributed by atoms with E-state index in [-0.39, 0.29) is 5.52 Å². The summed E-state index contributed by atoms with van der Waals surface area (Å²) in [4.78, 5) is 12.0. The smallest absolute Gasteiger partial charge is 0.255 e. The Labute approximate surface area is 91.3 Å². The molecule has 0 aliphatic heterocycles. The number of hydrogen-bond donors (Lipinski definition) is 0. The second-order valence-electron chi connectivity index (χ2n) is 3.89. The molecular weight excluding hydrogens is 219 g/mol. The summed E-state index contributed by atoms with van der Waals surface area (Å²) in [5.74, 6) is 0. The molecule has 3 nitrogen and oxygen atoms in total. The molecule has 0 atom stereocenters. The molecule has 0 bridgehead atoms. The highest BCUT2D eigenvalue weighted by Crippen LogP contribution is 2.53. The van der Waals surface area contributed by atoms with Gasteiger partial charge in [-0.3, -0.25) is 4.79 Å².